The number of hydrogen-bond donors (Lipinski definition) is 1. The van der Waals surface area contributed by atoms with E-state index >= 15 is 0 Å². The molecule has 3 aromatic carbocycles. The third-order valence-corrected chi connectivity index (χ3v) is 5.96. The number of sulfonamides is 1. The highest BCUT2D eigenvalue weighted by Gasteiger charge is 2.12. The van der Waals surface area contributed by atoms with Gasteiger partial charge in [-0.1, -0.05) is 66.2 Å². The average molecular weight is 404 g/mol. The number of hydrazone groups is 1. The molecule has 0 radical (unpaired) electrons. The van der Waals surface area contributed by atoms with Crippen LogP contribution in [0.25, 0.3) is 10.9 Å². The van der Waals surface area contributed by atoms with Crippen molar-refractivity contribution in [2.45, 2.75) is 18.4 Å². The van der Waals surface area contributed by atoms with Crippen LogP contribution in [-0.4, -0.2) is 19.2 Å². The topological polar surface area (TPSA) is 63.5 Å². The van der Waals surface area contributed by atoms with E-state index in [1.165, 1.54) is 5.56 Å². The fourth-order valence-corrected chi connectivity index (χ4v) is 4.02. The molecule has 0 bridgehead atoms. The van der Waals surface area contributed by atoms with Crippen LogP contribution >= 0.6 is 0 Å². The molecule has 0 amide bonds. The van der Waals surface area contributed by atoms with E-state index in [9.17, 15) is 8.42 Å². The molecule has 4 rings (SSSR count). The zero-order chi connectivity index (χ0) is 20.3. The third kappa shape index (κ3) is 4.22. The molecule has 0 atom stereocenters. The molecule has 6 heteroatoms. The number of benzene rings is 3. The predicted molar refractivity (Wildman–Crippen MR) is 117 cm³/mol. The molecule has 0 spiro atoms. The minimum Gasteiger partial charge on any atom is -0.342 e. The van der Waals surface area contributed by atoms with Crippen molar-refractivity contribution in [1.29, 1.82) is 0 Å². The van der Waals surface area contributed by atoms with Crippen molar-refractivity contribution in [3.63, 3.8) is 0 Å². The van der Waals surface area contributed by atoms with Crippen LogP contribution in [-0.2, 0) is 16.6 Å². The predicted octanol–water partition coefficient (Wildman–Crippen LogP) is 4.31. The smallest absolute Gasteiger partial charge is 0.276 e. The minimum absolute atomic E-state index is 0.187. The maximum absolute atomic E-state index is 12.4. The van der Waals surface area contributed by atoms with Crippen LogP contribution in [0, 0.1) is 6.92 Å². The number of aryl methyl sites for hydroxylation is 1. The molecule has 0 aliphatic heterocycles. The fraction of sp³-hybridized carbons (Fsp3) is 0.0870. The van der Waals surface area contributed by atoms with Gasteiger partial charge in [-0.2, -0.15) is 13.5 Å². The maximum atomic E-state index is 12.4. The molecule has 1 N–H and O–H groups in total. The monoisotopic (exact) mass is 403 g/mol. The van der Waals surface area contributed by atoms with Crippen molar-refractivity contribution >= 4 is 27.1 Å². The lowest BCUT2D eigenvalue weighted by molar-refractivity contribution is 0.584. The summed E-state index contributed by atoms with van der Waals surface area (Å²) < 4.78 is 27.0. The molecular formula is C23H21N3O2S. The Morgan fingerprint density at radius 2 is 1.62 bits per heavy atom. The first kappa shape index (κ1) is 19.0. The van der Waals surface area contributed by atoms with E-state index in [0.29, 0.717) is 0 Å². The second-order valence-electron chi connectivity index (χ2n) is 6.88. The van der Waals surface area contributed by atoms with Gasteiger partial charge in [-0.05, 0) is 30.7 Å². The van der Waals surface area contributed by atoms with Crippen molar-refractivity contribution in [3.8, 4) is 0 Å². The van der Waals surface area contributed by atoms with Crippen LogP contribution in [0.1, 0.15) is 16.7 Å². The van der Waals surface area contributed by atoms with E-state index in [4.69, 9.17) is 0 Å². The zero-order valence-corrected chi connectivity index (χ0v) is 16.8. The lowest BCUT2D eigenvalue weighted by Gasteiger charge is -2.05. The molecular weight excluding hydrogens is 382 g/mol. The Morgan fingerprint density at radius 1 is 0.931 bits per heavy atom. The van der Waals surface area contributed by atoms with Gasteiger partial charge in [0.1, 0.15) is 0 Å². The van der Waals surface area contributed by atoms with Gasteiger partial charge in [-0.25, -0.2) is 4.83 Å². The fourth-order valence-electron chi connectivity index (χ4n) is 3.22. The number of aromatic nitrogens is 1. The summed E-state index contributed by atoms with van der Waals surface area (Å²) in [5, 5.41) is 5.02. The van der Waals surface area contributed by atoms with E-state index in [1.54, 1.807) is 30.5 Å². The molecule has 1 aromatic heterocycles. The highest BCUT2D eigenvalue weighted by atomic mass is 32.2. The van der Waals surface area contributed by atoms with Gasteiger partial charge < -0.3 is 4.57 Å². The van der Waals surface area contributed by atoms with Crippen molar-refractivity contribution < 1.29 is 8.42 Å². The lowest BCUT2D eigenvalue weighted by atomic mass is 10.2. The Labute approximate surface area is 170 Å². The van der Waals surface area contributed by atoms with Gasteiger partial charge in [0.2, 0.25) is 0 Å². The van der Waals surface area contributed by atoms with Gasteiger partial charge in [0, 0.05) is 29.2 Å². The highest BCUT2D eigenvalue weighted by molar-refractivity contribution is 7.89. The van der Waals surface area contributed by atoms with Crippen molar-refractivity contribution in [1.82, 2.24) is 9.40 Å². The molecule has 4 aromatic rings. The van der Waals surface area contributed by atoms with Gasteiger partial charge in [0.15, 0.2) is 0 Å². The normalized spacial score (nSPS) is 11.9. The molecule has 0 unspecified atom stereocenters. The standard InChI is InChI=1S/C23H21N3O2S/c1-18-11-13-21(14-12-18)29(27,28)25-24-15-20-17-26(16-19-7-3-2-4-8-19)23-10-6-5-9-22(20)23/h2-15,17,25H,16H2,1H3/b24-15+. The molecule has 1 heterocycles. The molecule has 0 saturated carbocycles. The summed E-state index contributed by atoms with van der Waals surface area (Å²) in [4.78, 5) is 2.49. The van der Waals surface area contributed by atoms with Crippen LogP contribution in [0.2, 0.25) is 0 Å². The van der Waals surface area contributed by atoms with Gasteiger partial charge in [-0.3, -0.25) is 0 Å². The summed E-state index contributed by atoms with van der Waals surface area (Å²) in [6.07, 6.45) is 3.54. The van der Waals surface area contributed by atoms with E-state index < -0.39 is 10.0 Å². The van der Waals surface area contributed by atoms with Gasteiger partial charge in [0.25, 0.3) is 10.0 Å². The Morgan fingerprint density at radius 3 is 2.38 bits per heavy atom. The quantitative estimate of drug-likeness (QED) is 0.385. The first-order chi connectivity index (χ1) is 14.0. The molecule has 0 fully saturated rings. The Bertz CT molecular complexity index is 1260. The molecule has 29 heavy (non-hydrogen) atoms. The van der Waals surface area contributed by atoms with Gasteiger partial charge in [-0.15, -0.1) is 0 Å². The third-order valence-electron chi connectivity index (χ3n) is 4.72. The van der Waals surface area contributed by atoms with Crippen LogP contribution in [0.15, 0.2) is 95.1 Å². The lowest BCUT2D eigenvalue weighted by Crippen LogP contribution is -2.18. The summed E-state index contributed by atoms with van der Waals surface area (Å²) in [5.74, 6) is 0. The first-order valence-corrected chi connectivity index (χ1v) is 10.7. The number of rotatable bonds is 6. The van der Waals surface area contributed by atoms with Crippen LogP contribution < -0.4 is 4.83 Å². The number of nitrogens with zero attached hydrogens (tertiary/aromatic N) is 2. The Balaban J connectivity index is 1.60. The van der Waals surface area contributed by atoms with E-state index in [-0.39, 0.29) is 4.90 Å². The first-order valence-electron chi connectivity index (χ1n) is 9.26. The van der Waals surface area contributed by atoms with Gasteiger partial charge >= 0.3 is 0 Å². The molecule has 0 saturated heterocycles. The SMILES string of the molecule is Cc1ccc(S(=O)(=O)N/N=C/c2cn(Cc3ccccc3)c3ccccc23)cc1. The summed E-state index contributed by atoms with van der Waals surface area (Å²) in [6.45, 7) is 2.64. The Kier molecular flexibility index (Phi) is 5.18. The maximum Gasteiger partial charge on any atom is 0.276 e. The molecule has 0 aliphatic rings. The number of nitrogens with one attached hydrogen (secondary N) is 1. The second-order valence-corrected chi connectivity index (χ2v) is 8.54. The minimum atomic E-state index is -3.70. The molecule has 0 aliphatic carbocycles. The molecule has 5 nitrogen and oxygen atoms in total. The zero-order valence-electron chi connectivity index (χ0n) is 16.0. The number of fused-ring (bicyclic) bond motifs is 1. The van der Waals surface area contributed by atoms with E-state index in [1.807, 2.05) is 55.6 Å². The largest absolute Gasteiger partial charge is 0.342 e. The number of para-hydroxylation sites is 1. The van der Waals surface area contributed by atoms with Crippen LogP contribution in [0.3, 0.4) is 0 Å². The van der Waals surface area contributed by atoms with E-state index in [0.717, 1.165) is 28.6 Å². The van der Waals surface area contributed by atoms with Crippen molar-refractivity contribution in [2.75, 3.05) is 0 Å². The summed E-state index contributed by atoms with van der Waals surface area (Å²) >= 11 is 0. The number of hydrogen-bond acceptors (Lipinski definition) is 3. The average Bonchev–Trinajstić information content (AvgIpc) is 3.07. The molecule has 146 valence electrons. The van der Waals surface area contributed by atoms with Crippen LogP contribution in [0.5, 0.6) is 0 Å². The highest BCUT2D eigenvalue weighted by Crippen LogP contribution is 2.21. The van der Waals surface area contributed by atoms with Crippen molar-refractivity contribution in [3.05, 3.63) is 102 Å². The van der Waals surface area contributed by atoms with E-state index in [2.05, 4.69) is 26.6 Å². The summed E-state index contributed by atoms with van der Waals surface area (Å²) in [5.41, 5.74) is 4.11. The summed E-state index contributed by atoms with van der Waals surface area (Å²) in [6, 6.07) is 24.9. The Hall–Kier alpha value is -3.38. The van der Waals surface area contributed by atoms with Crippen molar-refractivity contribution in [2.24, 2.45) is 5.10 Å². The van der Waals surface area contributed by atoms with Gasteiger partial charge in [0.05, 0.1) is 11.1 Å². The van der Waals surface area contributed by atoms with Crippen LogP contribution in [0.4, 0.5) is 0 Å². The summed E-state index contributed by atoms with van der Waals surface area (Å²) in [7, 11) is -3.70. The second kappa shape index (κ2) is 7.93.